The number of piperidine rings is 1. The summed E-state index contributed by atoms with van der Waals surface area (Å²) in [5.74, 6) is -0.0646. The maximum atomic E-state index is 12.9. The average molecular weight is 424 g/mol. The molecule has 1 aromatic heterocycles. The number of aryl methyl sites for hydroxylation is 1. The molecule has 1 atom stereocenters. The molecule has 1 aromatic rings. The zero-order valence-electron chi connectivity index (χ0n) is 17.0. The van der Waals surface area contributed by atoms with E-state index in [1.54, 1.807) is 13.8 Å². The van der Waals surface area contributed by atoms with E-state index >= 15 is 0 Å². The highest BCUT2D eigenvalue weighted by molar-refractivity contribution is 5.85. The summed E-state index contributed by atoms with van der Waals surface area (Å²) in [5.41, 5.74) is 7.28. The number of aromatic nitrogens is 1. The van der Waals surface area contributed by atoms with Gasteiger partial charge in [-0.3, -0.25) is 14.4 Å². The van der Waals surface area contributed by atoms with Crippen LogP contribution in [0.15, 0.2) is 4.79 Å². The van der Waals surface area contributed by atoms with Gasteiger partial charge in [-0.25, -0.2) is 0 Å². The number of hydrogen-bond acceptors (Lipinski definition) is 5. The Balaban J connectivity index is 0.00000420. The number of likely N-dealkylation sites (tertiary alicyclic amines) is 1. The van der Waals surface area contributed by atoms with Crippen molar-refractivity contribution in [1.29, 1.82) is 5.26 Å². The number of nitrogens with zero attached hydrogens (tertiary/aromatic N) is 2. The molecule has 1 fully saturated rings. The molecule has 29 heavy (non-hydrogen) atoms. The summed E-state index contributed by atoms with van der Waals surface area (Å²) in [6.07, 6.45) is 3.90. The fraction of sp³-hybridized carbons (Fsp3) is 0.600. The number of H-pyrrole nitrogens is 1. The lowest BCUT2D eigenvalue weighted by molar-refractivity contribution is -0.135. The molecule has 0 aliphatic carbocycles. The van der Waals surface area contributed by atoms with Crippen molar-refractivity contribution in [2.24, 2.45) is 5.73 Å². The zero-order valence-corrected chi connectivity index (χ0v) is 17.9. The van der Waals surface area contributed by atoms with Crippen molar-refractivity contribution >= 4 is 24.2 Å². The van der Waals surface area contributed by atoms with Crippen LogP contribution in [0.2, 0.25) is 0 Å². The summed E-state index contributed by atoms with van der Waals surface area (Å²) >= 11 is 0. The molecule has 1 unspecified atom stereocenters. The van der Waals surface area contributed by atoms with Crippen LogP contribution in [0.3, 0.4) is 0 Å². The van der Waals surface area contributed by atoms with Crippen LogP contribution < -0.4 is 16.6 Å². The maximum absolute atomic E-state index is 12.9. The molecular formula is C20H30ClN5O3. The minimum Gasteiger partial charge on any atom is -0.354 e. The number of aromatic amines is 1. The van der Waals surface area contributed by atoms with Crippen molar-refractivity contribution < 1.29 is 9.59 Å². The lowest BCUT2D eigenvalue weighted by Crippen LogP contribution is -2.49. The van der Waals surface area contributed by atoms with Crippen LogP contribution in [0, 0.1) is 25.2 Å². The number of hydrogen-bond donors (Lipinski definition) is 3. The number of carbonyl (C=O) groups excluding carboxylic acids is 2. The number of amides is 2. The van der Waals surface area contributed by atoms with E-state index in [1.165, 1.54) is 0 Å². The maximum Gasteiger partial charge on any atom is 0.266 e. The van der Waals surface area contributed by atoms with Crippen molar-refractivity contribution in [3.63, 3.8) is 0 Å². The van der Waals surface area contributed by atoms with Crippen LogP contribution in [0.25, 0.3) is 0 Å². The molecule has 8 nitrogen and oxygen atoms in total. The van der Waals surface area contributed by atoms with E-state index < -0.39 is 5.56 Å². The Morgan fingerprint density at radius 3 is 2.69 bits per heavy atom. The van der Waals surface area contributed by atoms with Crippen LogP contribution in [-0.2, 0) is 16.0 Å². The molecular weight excluding hydrogens is 394 g/mol. The van der Waals surface area contributed by atoms with Crippen LogP contribution in [0.4, 0.5) is 0 Å². The topological polar surface area (TPSA) is 132 Å². The van der Waals surface area contributed by atoms with Crippen molar-refractivity contribution in [3.8, 4) is 6.07 Å². The second-order valence-electron chi connectivity index (χ2n) is 7.25. The van der Waals surface area contributed by atoms with Gasteiger partial charge in [-0.1, -0.05) is 0 Å². The Bertz CT molecular complexity index is 831. The summed E-state index contributed by atoms with van der Waals surface area (Å²) in [5, 5.41) is 12.0. The first-order valence-corrected chi connectivity index (χ1v) is 9.77. The number of nitrogens with one attached hydrogen (secondary N) is 2. The average Bonchev–Trinajstić information content (AvgIpc) is 2.66. The second-order valence-corrected chi connectivity index (χ2v) is 7.25. The molecule has 0 aromatic carbocycles. The van der Waals surface area contributed by atoms with Gasteiger partial charge in [-0.05, 0) is 50.7 Å². The molecule has 2 heterocycles. The van der Waals surface area contributed by atoms with E-state index in [0.717, 1.165) is 24.8 Å². The van der Waals surface area contributed by atoms with E-state index in [0.29, 0.717) is 43.7 Å². The van der Waals surface area contributed by atoms with Gasteiger partial charge in [-0.15, -0.1) is 12.4 Å². The highest BCUT2D eigenvalue weighted by atomic mass is 35.5. The Morgan fingerprint density at radius 1 is 1.31 bits per heavy atom. The van der Waals surface area contributed by atoms with Gasteiger partial charge >= 0.3 is 0 Å². The van der Waals surface area contributed by atoms with Gasteiger partial charge in [0, 0.05) is 44.2 Å². The highest BCUT2D eigenvalue weighted by Gasteiger charge is 2.27. The van der Waals surface area contributed by atoms with Gasteiger partial charge in [-0.2, -0.15) is 5.26 Å². The fourth-order valence-electron chi connectivity index (χ4n) is 3.79. The first kappa shape index (κ1) is 24.7. The molecule has 1 saturated heterocycles. The molecule has 9 heteroatoms. The van der Waals surface area contributed by atoms with Crippen molar-refractivity contribution in [2.45, 2.75) is 58.4 Å². The van der Waals surface area contributed by atoms with Crippen molar-refractivity contribution in [3.05, 3.63) is 32.7 Å². The largest absolute Gasteiger partial charge is 0.354 e. The third kappa shape index (κ3) is 6.31. The molecule has 160 valence electrons. The molecule has 0 saturated carbocycles. The quantitative estimate of drug-likeness (QED) is 0.603. The molecule has 1 aliphatic rings. The first-order chi connectivity index (χ1) is 13.4. The van der Waals surface area contributed by atoms with Crippen LogP contribution in [0.1, 0.15) is 54.5 Å². The van der Waals surface area contributed by atoms with Crippen molar-refractivity contribution in [2.75, 3.05) is 19.6 Å². The van der Waals surface area contributed by atoms with Gasteiger partial charge in [0.1, 0.15) is 11.6 Å². The number of nitrogens with two attached hydrogens (primary N) is 1. The number of nitriles is 1. The third-order valence-corrected chi connectivity index (χ3v) is 5.36. The fourth-order valence-corrected chi connectivity index (χ4v) is 3.79. The summed E-state index contributed by atoms with van der Waals surface area (Å²) in [6, 6.07) is 1.93. The molecule has 0 radical (unpaired) electrons. The minimum atomic E-state index is -0.392. The lowest BCUT2D eigenvalue weighted by atomic mass is 9.97. The summed E-state index contributed by atoms with van der Waals surface area (Å²) < 4.78 is 0. The Morgan fingerprint density at radius 2 is 2.03 bits per heavy atom. The summed E-state index contributed by atoms with van der Waals surface area (Å²) in [7, 11) is 0. The highest BCUT2D eigenvalue weighted by Crippen LogP contribution is 2.20. The molecule has 0 bridgehead atoms. The van der Waals surface area contributed by atoms with Crippen LogP contribution in [-0.4, -0.2) is 47.4 Å². The predicted molar refractivity (Wildman–Crippen MR) is 113 cm³/mol. The van der Waals surface area contributed by atoms with E-state index in [4.69, 9.17) is 5.73 Å². The second kappa shape index (κ2) is 11.6. The van der Waals surface area contributed by atoms with Crippen LogP contribution >= 0.6 is 12.4 Å². The number of halogens is 1. The Hall–Kier alpha value is -2.37. The van der Waals surface area contributed by atoms with Crippen LogP contribution in [0.5, 0.6) is 0 Å². The van der Waals surface area contributed by atoms with Gasteiger partial charge in [0.05, 0.1) is 0 Å². The third-order valence-electron chi connectivity index (χ3n) is 5.36. The zero-order chi connectivity index (χ0) is 20.7. The SMILES string of the molecule is Cc1[nH]c(=O)c(C#N)c(C)c1CCC(=O)N1CCCCC1CNC(=O)CCN.Cl. The molecule has 4 N–H and O–H groups in total. The normalized spacial score (nSPS) is 15.9. The number of rotatable bonds is 7. The predicted octanol–water partition coefficient (Wildman–Crippen LogP) is 1.06. The van der Waals surface area contributed by atoms with Crippen molar-refractivity contribution in [1.82, 2.24) is 15.2 Å². The van der Waals surface area contributed by atoms with Gasteiger partial charge in [0.25, 0.3) is 5.56 Å². The summed E-state index contributed by atoms with van der Waals surface area (Å²) in [6.45, 7) is 4.97. The standard InChI is InChI=1S/C20H29N5O3.ClH/c1-13-16(14(2)24-20(28)17(13)11-22)6-7-19(27)25-10-4-3-5-15(25)12-23-18(26)8-9-21;/h15H,3-10,12,21H2,1-2H3,(H,23,26)(H,24,28);1H. The molecule has 1 aliphatic heterocycles. The Labute approximate surface area is 177 Å². The van der Waals surface area contributed by atoms with E-state index in [1.807, 2.05) is 11.0 Å². The molecule has 2 rings (SSSR count). The number of carbonyl (C=O) groups is 2. The van der Waals surface area contributed by atoms with E-state index in [-0.39, 0.29) is 42.2 Å². The number of pyridine rings is 1. The van der Waals surface area contributed by atoms with Gasteiger partial charge < -0.3 is 20.9 Å². The lowest BCUT2D eigenvalue weighted by Gasteiger charge is -2.36. The van der Waals surface area contributed by atoms with E-state index in [9.17, 15) is 19.6 Å². The van der Waals surface area contributed by atoms with E-state index in [2.05, 4.69) is 10.3 Å². The minimum absolute atomic E-state index is 0. The molecule has 2 amide bonds. The smallest absolute Gasteiger partial charge is 0.266 e. The van der Waals surface area contributed by atoms with Gasteiger partial charge in [0.15, 0.2) is 0 Å². The summed E-state index contributed by atoms with van der Waals surface area (Å²) in [4.78, 5) is 40.9. The first-order valence-electron chi connectivity index (χ1n) is 9.77. The molecule has 0 spiro atoms. The Kier molecular flexibility index (Phi) is 9.86. The monoisotopic (exact) mass is 423 g/mol. The van der Waals surface area contributed by atoms with Gasteiger partial charge in [0.2, 0.25) is 11.8 Å².